The molecule has 3 atom stereocenters. The van der Waals surface area contributed by atoms with E-state index in [0.29, 0.717) is 23.0 Å². The molecule has 7 rings (SSSR count). The number of nitrogens with one attached hydrogen (secondary N) is 1. The van der Waals surface area contributed by atoms with Crippen molar-refractivity contribution in [3.8, 4) is 11.5 Å². The number of hydrogen-bond donors (Lipinski definition) is 1. The number of imidazole rings is 1. The van der Waals surface area contributed by atoms with E-state index < -0.39 is 0 Å². The number of anilines is 2. The molecule has 1 aliphatic heterocycles. The Hall–Kier alpha value is -4.86. The lowest BCUT2D eigenvalue weighted by atomic mass is 9.94. The van der Waals surface area contributed by atoms with Crippen LogP contribution in [0.4, 0.5) is 11.5 Å². The molecule has 0 unspecified atom stereocenters. The fraction of sp³-hybridized carbons (Fsp3) is 0.267. The third-order valence-corrected chi connectivity index (χ3v) is 8.01. The van der Waals surface area contributed by atoms with Gasteiger partial charge in [-0.3, -0.25) is 4.79 Å². The van der Waals surface area contributed by atoms with Gasteiger partial charge in [-0.2, -0.15) is 0 Å². The van der Waals surface area contributed by atoms with E-state index >= 15 is 0 Å². The molecular formula is C30H28N8O2. The number of pyridine rings is 2. The summed E-state index contributed by atoms with van der Waals surface area (Å²) < 4.78 is 7.99. The van der Waals surface area contributed by atoms with E-state index in [1.807, 2.05) is 59.8 Å². The van der Waals surface area contributed by atoms with Crippen molar-refractivity contribution in [2.45, 2.75) is 31.7 Å². The third-order valence-electron chi connectivity index (χ3n) is 8.01. The number of amides is 1. The first kappa shape index (κ1) is 24.2. The van der Waals surface area contributed by atoms with Gasteiger partial charge in [0.1, 0.15) is 28.9 Å². The van der Waals surface area contributed by atoms with Crippen LogP contribution in [0.15, 0.2) is 67.9 Å². The van der Waals surface area contributed by atoms with Crippen LogP contribution >= 0.6 is 0 Å². The van der Waals surface area contributed by atoms with Crippen LogP contribution in [0.25, 0.3) is 22.2 Å². The van der Waals surface area contributed by atoms with Crippen molar-refractivity contribution in [1.82, 2.24) is 34.4 Å². The van der Waals surface area contributed by atoms with Crippen molar-refractivity contribution < 1.29 is 9.53 Å². The maximum Gasteiger partial charge on any atom is 0.246 e. The summed E-state index contributed by atoms with van der Waals surface area (Å²) in [4.78, 5) is 37.1. The largest absolute Gasteiger partial charge is 0.455 e. The predicted molar refractivity (Wildman–Crippen MR) is 152 cm³/mol. The summed E-state index contributed by atoms with van der Waals surface area (Å²) in [5.41, 5.74) is 5.84. The number of piperidine rings is 1. The van der Waals surface area contributed by atoms with Gasteiger partial charge in [-0.05, 0) is 67.7 Å². The minimum Gasteiger partial charge on any atom is -0.455 e. The van der Waals surface area contributed by atoms with Crippen molar-refractivity contribution in [1.29, 1.82) is 0 Å². The smallest absolute Gasteiger partial charge is 0.246 e. The zero-order chi connectivity index (χ0) is 27.4. The fourth-order valence-corrected chi connectivity index (χ4v) is 6.13. The summed E-state index contributed by atoms with van der Waals surface area (Å²) in [6, 6.07) is 11.9. The molecule has 0 spiro atoms. The summed E-state index contributed by atoms with van der Waals surface area (Å²) in [6.07, 6.45) is 8.44. The van der Waals surface area contributed by atoms with E-state index in [2.05, 4.69) is 31.8 Å². The van der Waals surface area contributed by atoms with Gasteiger partial charge in [0.2, 0.25) is 5.91 Å². The van der Waals surface area contributed by atoms with Crippen molar-refractivity contribution >= 4 is 39.6 Å². The molecule has 200 valence electrons. The van der Waals surface area contributed by atoms with E-state index in [4.69, 9.17) is 9.72 Å². The van der Waals surface area contributed by atoms with Gasteiger partial charge in [-0.1, -0.05) is 6.58 Å². The van der Waals surface area contributed by atoms with Crippen molar-refractivity contribution in [2.75, 3.05) is 11.9 Å². The molecule has 1 saturated heterocycles. The zero-order valence-electron chi connectivity index (χ0n) is 22.3. The third kappa shape index (κ3) is 4.12. The second-order valence-electron chi connectivity index (χ2n) is 10.6. The van der Waals surface area contributed by atoms with E-state index in [1.165, 1.54) is 6.08 Å². The van der Waals surface area contributed by atoms with Gasteiger partial charge in [0, 0.05) is 43.0 Å². The second kappa shape index (κ2) is 9.41. The molecule has 1 aliphatic carbocycles. The van der Waals surface area contributed by atoms with Gasteiger partial charge in [-0.15, -0.1) is 0 Å². The molecule has 1 aromatic carbocycles. The van der Waals surface area contributed by atoms with Crippen LogP contribution in [0.3, 0.4) is 0 Å². The number of carbonyl (C=O) groups excluding carboxylic acids is 1. The number of aromatic nitrogens is 6. The molecule has 10 nitrogen and oxygen atoms in total. The number of rotatable bonds is 6. The van der Waals surface area contributed by atoms with Gasteiger partial charge in [-0.25, -0.2) is 24.9 Å². The van der Waals surface area contributed by atoms with Crippen LogP contribution < -0.4 is 10.1 Å². The standard InChI is InChI=1S/C30H28N8O2/c1-4-27(39)38-14-18-10-21(25(38)11-18)22-6-7-23-28(36-22)29(33-15-32-23)35-19-5-8-26(17(2)9-19)40-20-12-24-30(31-13-20)37(3)16-34-24/h4-9,12-13,15-16,18,21,25H,1,10-11,14H2,2-3H3,(H,32,33,35)/t18-,21+,25-/m1/s1. The topological polar surface area (TPSA) is 111 Å². The highest BCUT2D eigenvalue weighted by Gasteiger charge is 2.47. The minimum atomic E-state index is 0.0000182. The van der Waals surface area contributed by atoms with Crippen LogP contribution in [0.5, 0.6) is 11.5 Å². The molecular weight excluding hydrogens is 504 g/mol. The number of fused-ring (bicyclic) bond motifs is 4. The number of nitrogens with zero attached hydrogens (tertiary/aromatic N) is 7. The lowest BCUT2D eigenvalue weighted by molar-refractivity contribution is -0.127. The Kier molecular flexibility index (Phi) is 5.69. The number of ether oxygens (including phenoxy) is 1. The molecule has 1 saturated carbocycles. The highest BCUT2D eigenvalue weighted by Crippen LogP contribution is 2.47. The van der Waals surface area contributed by atoms with Gasteiger partial charge in [0.25, 0.3) is 0 Å². The Labute approximate surface area is 230 Å². The molecule has 2 aliphatic rings. The Morgan fingerprint density at radius 3 is 2.83 bits per heavy atom. The Bertz CT molecular complexity index is 1800. The normalized spacial score (nSPS) is 19.9. The number of benzene rings is 1. The van der Waals surface area contributed by atoms with E-state index in [9.17, 15) is 4.79 Å². The molecule has 40 heavy (non-hydrogen) atoms. The van der Waals surface area contributed by atoms with Crippen molar-refractivity contribution in [2.24, 2.45) is 13.0 Å². The number of aryl methyl sites for hydroxylation is 2. The number of carbonyl (C=O) groups is 1. The average molecular weight is 533 g/mol. The summed E-state index contributed by atoms with van der Waals surface area (Å²) in [7, 11) is 1.91. The zero-order valence-corrected chi connectivity index (χ0v) is 22.3. The Morgan fingerprint density at radius 2 is 2.00 bits per heavy atom. The van der Waals surface area contributed by atoms with Crippen LogP contribution in [0.2, 0.25) is 0 Å². The highest BCUT2D eigenvalue weighted by molar-refractivity contribution is 5.88. The number of hydrogen-bond acceptors (Lipinski definition) is 8. The molecule has 2 bridgehead atoms. The summed E-state index contributed by atoms with van der Waals surface area (Å²) in [5, 5.41) is 3.42. The maximum absolute atomic E-state index is 12.4. The average Bonchev–Trinajstić information content (AvgIpc) is 3.69. The van der Waals surface area contributed by atoms with Gasteiger partial charge in [0.15, 0.2) is 11.5 Å². The predicted octanol–water partition coefficient (Wildman–Crippen LogP) is 5.04. The summed E-state index contributed by atoms with van der Waals surface area (Å²) in [6.45, 7) is 6.48. The minimum absolute atomic E-state index is 0.0000182. The first-order valence-corrected chi connectivity index (χ1v) is 13.3. The van der Waals surface area contributed by atoms with E-state index in [-0.39, 0.29) is 17.9 Å². The first-order valence-electron chi connectivity index (χ1n) is 13.3. The summed E-state index contributed by atoms with van der Waals surface area (Å²) >= 11 is 0. The molecule has 0 radical (unpaired) electrons. The molecule has 1 amide bonds. The Balaban J connectivity index is 1.14. The maximum atomic E-state index is 12.4. The van der Waals surface area contributed by atoms with Crippen molar-refractivity contribution in [3.05, 3.63) is 79.2 Å². The second-order valence-corrected chi connectivity index (χ2v) is 10.6. The molecule has 5 heterocycles. The fourth-order valence-electron chi connectivity index (χ4n) is 6.13. The van der Waals surface area contributed by atoms with Crippen LogP contribution in [-0.2, 0) is 11.8 Å². The first-order chi connectivity index (χ1) is 19.5. The lowest BCUT2D eigenvalue weighted by Crippen LogP contribution is -2.40. The Morgan fingerprint density at radius 1 is 1.10 bits per heavy atom. The van der Waals surface area contributed by atoms with Crippen LogP contribution in [0, 0.1) is 12.8 Å². The van der Waals surface area contributed by atoms with Crippen LogP contribution in [-0.4, -0.2) is 52.9 Å². The van der Waals surface area contributed by atoms with E-state index in [0.717, 1.165) is 58.8 Å². The lowest BCUT2D eigenvalue weighted by Gasteiger charge is -2.32. The van der Waals surface area contributed by atoms with Gasteiger partial charge < -0.3 is 19.5 Å². The molecule has 2 fully saturated rings. The molecule has 10 heteroatoms. The highest BCUT2D eigenvalue weighted by atomic mass is 16.5. The van der Waals surface area contributed by atoms with E-state index in [1.54, 1.807) is 18.9 Å². The SMILES string of the molecule is C=CC(=O)N1C[C@H]2C[C@@H]1[C@H](c1ccc3ncnc(Nc4ccc(Oc5cnc6c(c5)ncn6C)c(C)c4)c3n1)C2. The van der Waals surface area contributed by atoms with Crippen molar-refractivity contribution in [3.63, 3.8) is 0 Å². The monoisotopic (exact) mass is 532 g/mol. The van der Waals surface area contributed by atoms with Crippen LogP contribution in [0.1, 0.15) is 30.0 Å². The summed E-state index contributed by atoms with van der Waals surface area (Å²) in [5.74, 6) is 2.69. The van der Waals surface area contributed by atoms with Gasteiger partial charge >= 0.3 is 0 Å². The molecule has 1 N–H and O–H groups in total. The molecule has 5 aromatic rings. The number of likely N-dealkylation sites (tertiary alicyclic amines) is 1. The quantitative estimate of drug-likeness (QED) is 0.303. The van der Waals surface area contributed by atoms with Gasteiger partial charge in [0.05, 0.1) is 18.0 Å². The molecule has 4 aromatic heterocycles.